The van der Waals surface area contributed by atoms with E-state index in [9.17, 15) is 9.59 Å². The lowest BCUT2D eigenvalue weighted by molar-refractivity contribution is -0.119. The number of methoxy groups -OCH3 is 2. The van der Waals surface area contributed by atoms with E-state index in [0.29, 0.717) is 27.9 Å². The molecule has 9 heteroatoms. The average molecular weight is 377 g/mol. The Bertz CT molecular complexity index is 840. The standard InChI is InChI=1S/C16H15N3O4S2/c1-22-10-4-3-8-11(12(10)23-2)14(21)19-9(7-25-15(8)19)13(20)18-16-17-5-6-24-16/h3-6,9,15H,7H2,1-2H3,(H,17,18,20)/t9-,15-/m1/s1. The molecule has 0 spiro atoms. The Morgan fingerprint density at radius 3 is 2.88 bits per heavy atom. The van der Waals surface area contributed by atoms with E-state index in [1.807, 2.05) is 6.07 Å². The van der Waals surface area contributed by atoms with E-state index in [4.69, 9.17) is 9.47 Å². The van der Waals surface area contributed by atoms with E-state index in [1.165, 1.54) is 25.6 Å². The van der Waals surface area contributed by atoms with Gasteiger partial charge in [-0.25, -0.2) is 4.98 Å². The molecule has 2 atom stereocenters. The summed E-state index contributed by atoms with van der Waals surface area (Å²) >= 11 is 2.92. The van der Waals surface area contributed by atoms with Crippen LogP contribution in [0.25, 0.3) is 0 Å². The molecule has 2 aliphatic rings. The highest BCUT2D eigenvalue weighted by molar-refractivity contribution is 7.99. The van der Waals surface area contributed by atoms with Crippen LogP contribution in [0.1, 0.15) is 21.3 Å². The normalized spacial score (nSPS) is 21.0. The number of amides is 2. The molecule has 0 unspecified atom stereocenters. The first-order chi connectivity index (χ1) is 12.2. The van der Waals surface area contributed by atoms with Crippen molar-refractivity contribution in [2.24, 2.45) is 0 Å². The van der Waals surface area contributed by atoms with Gasteiger partial charge < -0.3 is 19.7 Å². The fraction of sp³-hybridized carbons (Fsp3) is 0.312. The van der Waals surface area contributed by atoms with Crippen LogP contribution in [0.2, 0.25) is 0 Å². The maximum atomic E-state index is 13.0. The van der Waals surface area contributed by atoms with E-state index in [-0.39, 0.29) is 17.2 Å². The number of carbonyl (C=O) groups excluding carboxylic acids is 2. The predicted molar refractivity (Wildman–Crippen MR) is 95.4 cm³/mol. The molecule has 2 aliphatic heterocycles. The van der Waals surface area contributed by atoms with Gasteiger partial charge in [0.15, 0.2) is 16.6 Å². The van der Waals surface area contributed by atoms with Gasteiger partial charge in [-0.2, -0.15) is 0 Å². The van der Waals surface area contributed by atoms with Crippen LogP contribution in [0.4, 0.5) is 5.13 Å². The van der Waals surface area contributed by atoms with Crippen LogP contribution in [-0.2, 0) is 4.79 Å². The summed E-state index contributed by atoms with van der Waals surface area (Å²) in [6.07, 6.45) is 1.63. The Hall–Kier alpha value is -2.26. The number of benzene rings is 1. The number of nitrogens with one attached hydrogen (secondary N) is 1. The summed E-state index contributed by atoms with van der Waals surface area (Å²) in [4.78, 5) is 31.3. The van der Waals surface area contributed by atoms with Gasteiger partial charge in [-0.05, 0) is 6.07 Å². The lowest BCUT2D eigenvalue weighted by atomic mass is 10.1. The van der Waals surface area contributed by atoms with Crippen LogP contribution in [0.3, 0.4) is 0 Å². The largest absolute Gasteiger partial charge is 0.493 e. The third-order valence-corrected chi connectivity index (χ3v) is 6.25. The van der Waals surface area contributed by atoms with Crippen molar-refractivity contribution in [3.05, 3.63) is 34.8 Å². The van der Waals surface area contributed by atoms with Crippen molar-refractivity contribution in [2.45, 2.75) is 11.4 Å². The van der Waals surface area contributed by atoms with Crippen molar-refractivity contribution in [1.29, 1.82) is 0 Å². The topological polar surface area (TPSA) is 80.8 Å². The summed E-state index contributed by atoms with van der Waals surface area (Å²) in [5, 5.41) is 4.91. The third kappa shape index (κ3) is 2.46. The molecular weight excluding hydrogens is 362 g/mol. The van der Waals surface area contributed by atoms with Crippen LogP contribution in [-0.4, -0.2) is 47.7 Å². The minimum Gasteiger partial charge on any atom is -0.493 e. The van der Waals surface area contributed by atoms with Crippen LogP contribution < -0.4 is 14.8 Å². The molecule has 0 radical (unpaired) electrons. The zero-order chi connectivity index (χ0) is 17.6. The van der Waals surface area contributed by atoms with Gasteiger partial charge >= 0.3 is 0 Å². The Balaban J connectivity index is 1.66. The zero-order valence-corrected chi connectivity index (χ0v) is 15.1. The Labute approximate surface area is 152 Å². The molecule has 1 aromatic carbocycles. The molecule has 1 aromatic heterocycles. The summed E-state index contributed by atoms with van der Waals surface area (Å²) < 4.78 is 10.7. The monoisotopic (exact) mass is 377 g/mol. The number of hydrogen-bond acceptors (Lipinski definition) is 7. The number of rotatable bonds is 4. The Kier molecular flexibility index (Phi) is 4.04. The molecule has 0 aliphatic carbocycles. The first kappa shape index (κ1) is 16.2. The second-order valence-electron chi connectivity index (χ2n) is 5.51. The molecule has 1 saturated heterocycles. The smallest absolute Gasteiger partial charge is 0.260 e. The molecule has 7 nitrogen and oxygen atoms in total. The Morgan fingerprint density at radius 2 is 2.20 bits per heavy atom. The molecule has 130 valence electrons. The number of fused-ring (bicyclic) bond motifs is 3. The van der Waals surface area contributed by atoms with Gasteiger partial charge in [0.1, 0.15) is 11.4 Å². The Morgan fingerprint density at radius 1 is 1.36 bits per heavy atom. The third-order valence-electron chi connectivity index (χ3n) is 4.26. The molecule has 3 heterocycles. The zero-order valence-electron chi connectivity index (χ0n) is 13.5. The number of aromatic nitrogens is 1. The van der Waals surface area contributed by atoms with E-state index in [1.54, 1.807) is 34.3 Å². The summed E-state index contributed by atoms with van der Waals surface area (Å²) in [6, 6.07) is 3.11. The quantitative estimate of drug-likeness (QED) is 0.881. The summed E-state index contributed by atoms with van der Waals surface area (Å²) in [5.41, 5.74) is 1.34. The van der Waals surface area contributed by atoms with Crippen LogP contribution in [0, 0.1) is 0 Å². The van der Waals surface area contributed by atoms with Crippen molar-refractivity contribution < 1.29 is 19.1 Å². The fourth-order valence-electron chi connectivity index (χ4n) is 3.17. The van der Waals surface area contributed by atoms with Crippen molar-refractivity contribution in [2.75, 3.05) is 25.3 Å². The number of ether oxygens (including phenoxy) is 2. The lowest BCUT2D eigenvalue weighted by Gasteiger charge is -2.22. The van der Waals surface area contributed by atoms with E-state index >= 15 is 0 Å². The molecule has 2 aromatic rings. The number of hydrogen-bond donors (Lipinski definition) is 1. The number of anilines is 1. The van der Waals surface area contributed by atoms with Crippen LogP contribution in [0.15, 0.2) is 23.7 Å². The van der Waals surface area contributed by atoms with Crippen molar-refractivity contribution >= 4 is 40.0 Å². The molecule has 0 bridgehead atoms. The van der Waals surface area contributed by atoms with Gasteiger partial charge in [-0.3, -0.25) is 9.59 Å². The molecular formula is C16H15N3O4S2. The van der Waals surface area contributed by atoms with Crippen molar-refractivity contribution in [1.82, 2.24) is 9.88 Å². The molecule has 2 amide bonds. The van der Waals surface area contributed by atoms with Crippen LogP contribution in [0.5, 0.6) is 11.5 Å². The lowest BCUT2D eigenvalue weighted by Crippen LogP contribution is -2.42. The fourth-order valence-corrected chi connectivity index (χ4v) is 5.16. The second-order valence-corrected chi connectivity index (χ2v) is 7.51. The maximum absolute atomic E-state index is 13.0. The summed E-state index contributed by atoms with van der Waals surface area (Å²) in [5.74, 6) is 1.03. The van der Waals surface area contributed by atoms with Gasteiger partial charge in [-0.1, -0.05) is 6.07 Å². The van der Waals surface area contributed by atoms with Gasteiger partial charge in [0.2, 0.25) is 5.91 Å². The van der Waals surface area contributed by atoms with Crippen molar-refractivity contribution in [3.8, 4) is 11.5 Å². The highest BCUT2D eigenvalue weighted by Gasteiger charge is 2.50. The maximum Gasteiger partial charge on any atom is 0.260 e. The SMILES string of the molecule is COc1ccc2c(c1OC)C(=O)N1[C@@H](C(=O)Nc3nccs3)CS[C@H]21. The highest BCUT2D eigenvalue weighted by atomic mass is 32.2. The number of carbonyl (C=O) groups is 2. The minimum absolute atomic E-state index is 0.186. The predicted octanol–water partition coefficient (Wildman–Crippen LogP) is 2.37. The summed E-state index contributed by atoms with van der Waals surface area (Å²) in [7, 11) is 3.04. The highest BCUT2D eigenvalue weighted by Crippen LogP contribution is 2.52. The molecule has 25 heavy (non-hydrogen) atoms. The molecule has 1 N–H and O–H groups in total. The van der Waals surface area contributed by atoms with Gasteiger partial charge in [-0.15, -0.1) is 23.1 Å². The summed E-state index contributed by atoms with van der Waals surface area (Å²) in [6.45, 7) is 0. The number of thiazole rings is 1. The molecule has 1 fully saturated rings. The van der Waals surface area contributed by atoms with Gasteiger partial charge in [0, 0.05) is 22.9 Å². The average Bonchev–Trinajstić information content (AvgIpc) is 3.33. The minimum atomic E-state index is -0.547. The first-order valence-electron chi connectivity index (χ1n) is 7.55. The molecule has 0 saturated carbocycles. The van der Waals surface area contributed by atoms with Crippen molar-refractivity contribution in [3.63, 3.8) is 0 Å². The van der Waals surface area contributed by atoms with E-state index in [2.05, 4.69) is 10.3 Å². The van der Waals surface area contributed by atoms with E-state index in [0.717, 1.165) is 5.56 Å². The molecule has 4 rings (SSSR count). The first-order valence-corrected chi connectivity index (χ1v) is 9.48. The van der Waals surface area contributed by atoms with Gasteiger partial charge in [0.05, 0.1) is 19.8 Å². The second kappa shape index (κ2) is 6.23. The van der Waals surface area contributed by atoms with E-state index < -0.39 is 6.04 Å². The van der Waals surface area contributed by atoms with Gasteiger partial charge in [0.25, 0.3) is 5.91 Å². The number of nitrogens with zero attached hydrogens (tertiary/aromatic N) is 2. The number of thioether (sulfide) groups is 1. The van der Waals surface area contributed by atoms with Crippen LogP contribution >= 0.6 is 23.1 Å².